The maximum absolute atomic E-state index is 11.9. The minimum absolute atomic E-state index is 0.104. The van der Waals surface area contributed by atoms with Crippen LogP contribution in [0.15, 0.2) is 0 Å². The molecule has 0 aromatic heterocycles. The van der Waals surface area contributed by atoms with Crippen LogP contribution in [0.5, 0.6) is 0 Å². The number of carbonyl (C=O) groups excluding carboxylic acids is 1. The van der Waals surface area contributed by atoms with Gasteiger partial charge in [-0.3, -0.25) is 10.1 Å². The highest BCUT2D eigenvalue weighted by Gasteiger charge is 2.34. The number of carbonyl (C=O) groups is 1. The summed E-state index contributed by atoms with van der Waals surface area (Å²) in [5.74, 6) is 0.823. The Morgan fingerprint density at radius 1 is 1.50 bits per heavy atom. The van der Waals surface area contributed by atoms with Crippen molar-refractivity contribution in [3.63, 3.8) is 0 Å². The number of nitrogens with zero attached hydrogens (tertiary/aromatic N) is 1. The lowest BCUT2D eigenvalue weighted by atomic mass is 9.88. The first-order valence-electron chi connectivity index (χ1n) is 6.87. The molecule has 1 saturated heterocycles. The second-order valence-corrected chi connectivity index (χ2v) is 6.45. The predicted octanol–water partition coefficient (Wildman–Crippen LogP) is 1.85. The highest BCUT2D eigenvalue weighted by atomic mass is 16.5. The van der Waals surface area contributed by atoms with E-state index >= 15 is 0 Å². The maximum Gasteiger partial charge on any atom is 0.237 e. The van der Waals surface area contributed by atoms with Gasteiger partial charge in [0.15, 0.2) is 0 Å². The summed E-state index contributed by atoms with van der Waals surface area (Å²) in [6.07, 6.45) is 2.20. The Labute approximate surface area is 111 Å². The van der Waals surface area contributed by atoms with E-state index in [0.29, 0.717) is 12.5 Å². The highest BCUT2D eigenvalue weighted by molar-refractivity contribution is 5.80. The molecule has 1 rings (SSSR count). The Morgan fingerprint density at radius 2 is 2.17 bits per heavy atom. The van der Waals surface area contributed by atoms with E-state index in [0.717, 1.165) is 26.0 Å². The van der Waals surface area contributed by atoms with Crippen molar-refractivity contribution >= 4 is 5.91 Å². The minimum Gasteiger partial charge on any atom is -0.385 e. The first-order chi connectivity index (χ1) is 8.35. The van der Waals surface area contributed by atoms with Crippen LogP contribution in [0.25, 0.3) is 0 Å². The van der Waals surface area contributed by atoms with E-state index in [4.69, 9.17) is 4.74 Å². The topological polar surface area (TPSA) is 41.6 Å². The molecule has 0 aliphatic carbocycles. The number of ether oxygens (including phenoxy) is 1. The summed E-state index contributed by atoms with van der Waals surface area (Å²) in [7, 11) is 1.72. The number of amides is 1. The number of methoxy groups -OCH3 is 1. The lowest BCUT2D eigenvalue weighted by Crippen LogP contribution is -2.44. The van der Waals surface area contributed by atoms with Gasteiger partial charge in [-0.1, -0.05) is 27.7 Å². The van der Waals surface area contributed by atoms with Crippen LogP contribution < -0.4 is 5.32 Å². The van der Waals surface area contributed by atoms with Gasteiger partial charge in [0.2, 0.25) is 5.91 Å². The van der Waals surface area contributed by atoms with Gasteiger partial charge >= 0.3 is 0 Å². The van der Waals surface area contributed by atoms with Crippen LogP contribution in [0.4, 0.5) is 0 Å². The van der Waals surface area contributed by atoms with Crippen LogP contribution in [0, 0.1) is 11.3 Å². The van der Waals surface area contributed by atoms with Crippen LogP contribution in [-0.2, 0) is 9.53 Å². The molecule has 1 aliphatic heterocycles. The van der Waals surface area contributed by atoms with Crippen molar-refractivity contribution in [2.45, 2.75) is 46.7 Å². The standard InChI is InChI=1S/C14H28N2O2/c1-11(2)8-12-15-9-13(17)16(12)10-14(3,4)6-7-18-5/h11-12,15H,6-10H2,1-5H3. The second-order valence-electron chi connectivity index (χ2n) is 6.45. The molecule has 1 heterocycles. The van der Waals surface area contributed by atoms with Crippen molar-refractivity contribution in [3.05, 3.63) is 0 Å². The van der Waals surface area contributed by atoms with Gasteiger partial charge in [0.05, 0.1) is 12.7 Å². The van der Waals surface area contributed by atoms with Crippen molar-refractivity contribution in [2.75, 3.05) is 26.8 Å². The molecule has 1 amide bonds. The Hall–Kier alpha value is -0.610. The van der Waals surface area contributed by atoms with E-state index in [2.05, 4.69) is 33.0 Å². The summed E-state index contributed by atoms with van der Waals surface area (Å²) in [6.45, 7) is 10.8. The van der Waals surface area contributed by atoms with Crippen molar-refractivity contribution in [1.29, 1.82) is 0 Å². The SMILES string of the molecule is COCCC(C)(C)CN1C(=O)CNC1CC(C)C. The molecule has 0 saturated carbocycles. The van der Waals surface area contributed by atoms with E-state index < -0.39 is 0 Å². The van der Waals surface area contributed by atoms with Gasteiger partial charge in [0.1, 0.15) is 0 Å². The number of nitrogens with one attached hydrogen (secondary N) is 1. The van der Waals surface area contributed by atoms with Crippen molar-refractivity contribution < 1.29 is 9.53 Å². The third-order valence-corrected chi connectivity index (χ3v) is 3.46. The molecule has 0 spiro atoms. The molecule has 18 heavy (non-hydrogen) atoms. The quantitative estimate of drug-likeness (QED) is 0.756. The lowest BCUT2D eigenvalue weighted by molar-refractivity contribution is -0.129. The van der Waals surface area contributed by atoms with E-state index in [-0.39, 0.29) is 17.5 Å². The van der Waals surface area contributed by atoms with Gasteiger partial charge in [0, 0.05) is 20.3 Å². The summed E-state index contributed by atoms with van der Waals surface area (Å²) >= 11 is 0. The van der Waals surface area contributed by atoms with Crippen molar-refractivity contribution in [2.24, 2.45) is 11.3 Å². The fraction of sp³-hybridized carbons (Fsp3) is 0.929. The average molecular weight is 256 g/mol. The molecule has 106 valence electrons. The lowest BCUT2D eigenvalue weighted by Gasteiger charge is -2.34. The number of rotatable bonds is 7. The highest BCUT2D eigenvalue weighted by Crippen LogP contribution is 2.25. The summed E-state index contributed by atoms with van der Waals surface area (Å²) in [6, 6.07) is 0. The second kappa shape index (κ2) is 6.53. The largest absolute Gasteiger partial charge is 0.385 e. The van der Waals surface area contributed by atoms with Crippen molar-refractivity contribution in [3.8, 4) is 0 Å². The fourth-order valence-corrected chi connectivity index (χ4v) is 2.36. The van der Waals surface area contributed by atoms with Gasteiger partial charge < -0.3 is 9.64 Å². The minimum atomic E-state index is 0.104. The molecule has 0 aromatic rings. The Morgan fingerprint density at radius 3 is 2.72 bits per heavy atom. The average Bonchev–Trinajstić information content (AvgIpc) is 2.58. The van der Waals surface area contributed by atoms with Gasteiger partial charge in [-0.15, -0.1) is 0 Å². The Balaban J connectivity index is 2.58. The monoisotopic (exact) mass is 256 g/mol. The molecule has 4 nitrogen and oxygen atoms in total. The zero-order valence-electron chi connectivity index (χ0n) is 12.5. The van der Waals surface area contributed by atoms with Crippen LogP contribution in [0.1, 0.15) is 40.5 Å². The van der Waals surface area contributed by atoms with Gasteiger partial charge in [-0.2, -0.15) is 0 Å². The molecule has 1 aliphatic rings. The normalized spacial score (nSPS) is 21.1. The van der Waals surface area contributed by atoms with Crippen molar-refractivity contribution in [1.82, 2.24) is 10.2 Å². The first kappa shape index (κ1) is 15.4. The number of hydrogen-bond donors (Lipinski definition) is 1. The molecule has 1 fully saturated rings. The van der Waals surface area contributed by atoms with E-state index in [1.165, 1.54) is 0 Å². The van der Waals surface area contributed by atoms with E-state index in [1.54, 1.807) is 7.11 Å². The zero-order valence-corrected chi connectivity index (χ0v) is 12.5. The van der Waals surface area contributed by atoms with Crippen LogP contribution in [-0.4, -0.2) is 43.8 Å². The zero-order chi connectivity index (χ0) is 13.8. The maximum atomic E-state index is 11.9. The molecule has 1 N–H and O–H groups in total. The fourth-order valence-electron chi connectivity index (χ4n) is 2.36. The van der Waals surface area contributed by atoms with E-state index in [9.17, 15) is 4.79 Å². The molecule has 4 heteroatoms. The molecule has 0 aromatic carbocycles. The predicted molar refractivity (Wildman–Crippen MR) is 73.2 cm³/mol. The third-order valence-electron chi connectivity index (χ3n) is 3.46. The summed E-state index contributed by atoms with van der Waals surface area (Å²) in [5, 5.41) is 3.31. The molecule has 0 radical (unpaired) electrons. The summed E-state index contributed by atoms with van der Waals surface area (Å²) in [4.78, 5) is 14.0. The molecular weight excluding hydrogens is 228 g/mol. The summed E-state index contributed by atoms with van der Waals surface area (Å²) in [5.41, 5.74) is 0.104. The molecule has 0 bridgehead atoms. The molecule has 1 atom stereocenters. The van der Waals surface area contributed by atoms with Gasteiger partial charge in [0.25, 0.3) is 0 Å². The smallest absolute Gasteiger partial charge is 0.237 e. The van der Waals surface area contributed by atoms with Crippen LogP contribution >= 0.6 is 0 Å². The molecule has 1 unspecified atom stereocenters. The molecular formula is C14H28N2O2. The Kier molecular flexibility index (Phi) is 5.60. The van der Waals surface area contributed by atoms with Gasteiger partial charge in [-0.25, -0.2) is 0 Å². The Bertz CT molecular complexity index is 277. The third kappa shape index (κ3) is 4.58. The van der Waals surface area contributed by atoms with Crippen LogP contribution in [0.3, 0.4) is 0 Å². The van der Waals surface area contributed by atoms with Crippen LogP contribution in [0.2, 0.25) is 0 Å². The number of hydrogen-bond acceptors (Lipinski definition) is 3. The van der Waals surface area contributed by atoms with Gasteiger partial charge in [-0.05, 0) is 24.2 Å². The summed E-state index contributed by atoms with van der Waals surface area (Å²) < 4.78 is 5.14. The van der Waals surface area contributed by atoms with E-state index in [1.807, 2.05) is 4.90 Å². The first-order valence-corrected chi connectivity index (χ1v) is 6.87.